The van der Waals surface area contributed by atoms with E-state index in [1.54, 1.807) is 13.2 Å². The Morgan fingerprint density at radius 1 is 1.19 bits per heavy atom. The van der Waals surface area contributed by atoms with Crippen LogP contribution in [0.5, 0.6) is 11.9 Å². The molecule has 0 aromatic carbocycles. The zero-order valence-electron chi connectivity index (χ0n) is 14.9. The molecular weight excluding hydrogens is 354 g/mol. The van der Waals surface area contributed by atoms with Gasteiger partial charge in [-0.05, 0) is 37.5 Å². The zero-order chi connectivity index (χ0) is 18.3. The molecule has 7 nitrogen and oxygen atoms in total. The van der Waals surface area contributed by atoms with Gasteiger partial charge in [-0.15, -0.1) is 0 Å². The molecule has 136 valence electrons. The smallest absolute Gasteiger partial charge is 0.296 e. The van der Waals surface area contributed by atoms with E-state index < -0.39 is 0 Å². The highest BCUT2D eigenvalue weighted by Gasteiger charge is 2.22. The summed E-state index contributed by atoms with van der Waals surface area (Å²) in [7, 11) is 5.43. The lowest BCUT2D eigenvalue weighted by molar-refractivity contribution is 0.110. The van der Waals surface area contributed by atoms with Crippen LogP contribution in [0.4, 0.5) is 5.82 Å². The summed E-state index contributed by atoms with van der Waals surface area (Å²) in [5.41, 5.74) is 2.59. The Balaban J connectivity index is 1.74. The van der Waals surface area contributed by atoms with Crippen molar-refractivity contribution < 1.29 is 9.47 Å². The molecule has 0 atom stereocenters. The molecule has 3 aromatic heterocycles. The van der Waals surface area contributed by atoms with Crippen LogP contribution < -0.4 is 14.4 Å². The number of aromatic nitrogens is 4. The van der Waals surface area contributed by atoms with Crippen LogP contribution in [0.3, 0.4) is 0 Å². The third kappa shape index (κ3) is 3.03. The van der Waals surface area contributed by atoms with Gasteiger partial charge in [0.1, 0.15) is 11.9 Å². The summed E-state index contributed by atoms with van der Waals surface area (Å²) in [5, 5.41) is 0.494. The second kappa shape index (κ2) is 6.64. The van der Waals surface area contributed by atoms with Crippen molar-refractivity contribution in [2.45, 2.75) is 25.4 Å². The molecule has 0 bridgehead atoms. The lowest BCUT2D eigenvalue weighted by atomic mass is 9.96. The molecule has 8 heteroatoms. The molecular formula is C18H20ClN5O2. The summed E-state index contributed by atoms with van der Waals surface area (Å²) in [5.74, 6) is 1.25. The Kier molecular flexibility index (Phi) is 4.32. The molecule has 0 aliphatic heterocycles. The number of fused-ring (bicyclic) bond motifs is 1. The number of nitrogens with zero attached hydrogens (tertiary/aromatic N) is 4. The van der Waals surface area contributed by atoms with Gasteiger partial charge in [0.15, 0.2) is 5.65 Å². The molecule has 3 heterocycles. The van der Waals surface area contributed by atoms with E-state index in [9.17, 15) is 0 Å². The molecule has 1 saturated carbocycles. The Bertz CT molecular complexity index is 952. The van der Waals surface area contributed by atoms with Crippen LogP contribution in [-0.2, 0) is 0 Å². The zero-order valence-corrected chi connectivity index (χ0v) is 15.7. The standard InChI is InChI=1S/C18H20ClN5O2/c1-24(2)14-8-7-11(17(21-14)25-3)15-12(19)9-13-16(22-15)23-18(20-13)26-10-5-4-6-10/h7-10H,4-6H2,1-3H3,(H,20,22,23). The SMILES string of the molecule is COc1nc(N(C)C)ccc1-c1nc2nc(OC3CCC3)[nH]c2cc1Cl. The maximum absolute atomic E-state index is 6.48. The van der Waals surface area contributed by atoms with Gasteiger partial charge in [0.05, 0.1) is 28.9 Å². The van der Waals surface area contributed by atoms with Crippen molar-refractivity contribution in [1.82, 2.24) is 19.9 Å². The average molecular weight is 374 g/mol. The van der Waals surface area contributed by atoms with E-state index in [1.165, 1.54) is 6.42 Å². The van der Waals surface area contributed by atoms with Gasteiger partial charge in [0.2, 0.25) is 5.88 Å². The number of halogens is 1. The third-order valence-corrected chi connectivity index (χ3v) is 4.78. The largest absolute Gasteiger partial charge is 0.480 e. The topological polar surface area (TPSA) is 76.2 Å². The van der Waals surface area contributed by atoms with Crippen LogP contribution in [0.2, 0.25) is 5.02 Å². The van der Waals surface area contributed by atoms with Gasteiger partial charge in [-0.2, -0.15) is 9.97 Å². The molecule has 1 N–H and O–H groups in total. The molecule has 3 aromatic rings. The van der Waals surface area contributed by atoms with Crippen molar-refractivity contribution in [2.75, 3.05) is 26.1 Å². The first-order chi connectivity index (χ1) is 12.5. The first-order valence-corrected chi connectivity index (χ1v) is 8.88. The highest BCUT2D eigenvalue weighted by atomic mass is 35.5. The fourth-order valence-corrected chi connectivity index (χ4v) is 3.06. The number of H-pyrrole nitrogens is 1. The maximum atomic E-state index is 6.48. The minimum absolute atomic E-state index is 0.244. The molecule has 0 saturated heterocycles. The molecule has 4 rings (SSSR count). The fraction of sp³-hybridized carbons (Fsp3) is 0.389. The van der Waals surface area contributed by atoms with Crippen LogP contribution in [0, 0.1) is 0 Å². The molecule has 1 aliphatic rings. The van der Waals surface area contributed by atoms with Crippen LogP contribution in [-0.4, -0.2) is 47.2 Å². The highest BCUT2D eigenvalue weighted by molar-refractivity contribution is 6.33. The summed E-state index contributed by atoms with van der Waals surface area (Å²) >= 11 is 6.48. The van der Waals surface area contributed by atoms with Crippen molar-refractivity contribution in [2.24, 2.45) is 0 Å². The molecule has 1 aliphatic carbocycles. The molecule has 0 spiro atoms. The van der Waals surface area contributed by atoms with Gasteiger partial charge in [0.25, 0.3) is 6.01 Å². The highest BCUT2D eigenvalue weighted by Crippen LogP contribution is 2.35. The van der Waals surface area contributed by atoms with Crippen molar-refractivity contribution >= 4 is 28.6 Å². The first-order valence-electron chi connectivity index (χ1n) is 8.51. The van der Waals surface area contributed by atoms with Crippen LogP contribution in [0.15, 0.2) is 18.2 Å². The number of imidazole rings is 1. The number of anilines is 1. The van der Waals surface area contributed by atoms with E-state index >= 15 is 0 Å². The Morgan fingerprint density at radius 2 is 2.00 bits per heavy atom. The summed E-state index contributed by atoms with van der Waals surface area (Å²) < 4.78 is 11.3. The van der Waals surface area contributed by atoms with Crippen molar-refractivity contribution in [1.29, 1.82) is 0 Å². The monoisotopic (exact) mass is 373 g/mol. The van der Waals surface area contributed by atoms with Crippen molar-refractivity contribution in [3.8, 4) is 23.1 Å². The van der Waals surface area contributed by atoms with Gasteiger partial charge in [-0.1, -0.05) is 11.6 Å². The molecule has 26 heavy (non-hydrogen) atoms. The van der Waals surface area contributed by atoms with E-state index in [4.69, 9.17) is 21.1 Å². The summed E-state index contributed by atoms with van der Waals surface area (Å²) in [4.78, 5) is 18.6. The van der Waals surface area contributed by atoms with Crippen LogP contribution in [0.1, 0.15) is 19.3 Å². The second-order valence-electron chi connectivity index (χ2n) is 6.52. The van der Waals surface area contributed by atoms with Crippen molar-refractivity contribution in [3.63, 3.8) is 0 Å². The van der Waals surface area contributed by atoms with Crippen molar-refractivity contribution in [3.05, 3.63) is 23.2 Å². The molecule has 1 fully saturated rings. The Hall–Kier alpha value is -2.54. The van der Waals surface area contributed by atoms with E-state index in [1.807, 2.05) is 31.1 Å². The number of nitrogens with one attached hydrogen (secondary N) is 1. The quantitative estimate of drug-likeness (QED) is 0.735. The average Bonchev–Trinajstić information content (AvgIpc) is 2.98. The second-order valence-corrected chi connectivity index (χ2v) is 6.93. The molecule has 0 unspecified atom stereocenters. The van der Waals surface area contributed by atoms with E-state index in [-0.39, 0.29) is 6.10 Å². The third-order valence-electron chi connectivity index (χ3n) is 4.49. The van der Waals surface area contributed by atoms with E-state index in [0.29, 0.717) is 28.3 Å². The Morgan fingerprint density at radius 3 is 2.65 bits per heavy atom. The number of rotatable bonds is 5. The van der Waals surface area contributed by atoms with Gasteiger partial charge in [-0.25, -0.2) is 4.98 Å². The first kappa shape index (κ1) is 16.9. The number of hydrogen-bond acceptors (Lipinski definition) is 6. The Labute approximate surface area is 156 Å². The minimum Gasteiger partial charge on any atom is -0.480 e. The predicted octanol–water partition coefficient (Wildman–Crippen LogP) is 3.68. The van der Waals surface area contributed by atoms with Crippen LogP contribution >= 0.6 is 11.6 Å². The lowest BCUT2D eigenvalue weighted by Gasteiger charge is -2.24. The van der Waals surface area contributed by atoms with Gasteiger partial charge in [0, 0.05) is 14.1 Å². The number of ether oxygens (including phenoxy) is 2. The van der Waals surface area contributed by atoms with E-state index in [0.717, 1.165) is 29.7 Å². The summed E-state index contributed by atoms with van der Waals surface area (Å²) in [6.07, 6.45) is 3.58. The number of hydrogen-bond donors (Lipinski definition) is 1. The normalized spacial score (nSPS) is 14.3. The predicted molar refractivity (Wildman–Crippen MR) is 101 cm³/mol. The number of methoxy groups -OCH3 is 1. The number of aromatic amines is 1. The summed E-state index contributed by atoms with van der Waals surface area (Å²) in [6.45, 7) is 0. The fourth-order valence-electron chi connectivity index (χ4n) is 2.80. The number of pyridine rings is 2. The van der Waals surface area contributed by atoms with Crippen LogP contribution in [0.25, 0.3) is 22.4 Å². The maximum Gasteiger partial charge on any atom is 0.296 e. The van der Waals surface area contributed by atoms with Gasteiger partial charge in [-0.3, -0.25) is 0 Å². The van der Waals surface area contributed by atoms with Gasteiger partial charge >= 0.3 is 0 Å². The lowest BCUT2D eigenvalue weighted by Crippen LogP contribution is -2.24. The van der Waals surface area contributed by atoms with E-state index in [2.05, 4.69) is 19.9 Å². The molecule has 0 radical (unpaired) electrons. The minimum atomic E-state index is 0.244. The summed E-state index contributed by atoms with van der Waals surface area (Å²) in [6, 6.07) is 6.09. The molecule has 0 amide bonds. The van der Waals surface area contributed by atoms with Gasteiger partial charge < -0.3 is 19.4 Å².